The Kier molecular flexibility index (Phi) is 6.81. The van der Waals surface area contributed by atoms with E-state index in [9.17, 15) is 0 Å². The Morgan fingerprint density at radius 1 is 1.19 bits per heavy atom. The van der Waals surface area contributed by atoms with Crippen molar-refractivity contribution in [3.8, 4) is 0 Å². The first-order chi connectivity index (χ1) is 7.76. The summed E-state index contributed by atoms with van der Waals surface area (Å²) in [6.45, 7) is 2.63. The summed E-state index contributed by atoms with van der Waals surface area (Å²) in [5.41, 5.74) is 0. The van der Waals surface area contributed by atoms with E-state index in [0.29, 0.717) is 12.2 Å². The summed E-state index contributed by atoms with van der Waals surface area (Å²) in [4.78, 5) is 3.48. The van der Waals surface area contributed by atoms with Gasteiger partial charge in [0.2, 0.25) is 0 Å². The monoisotopic (exact) mass is 238 g/mol. The highest BCUT2D eigenvalue weighted by Crippen LogP contribution is 2.12. The van der Waals surface area contributed by atoms with Crippen LogP contribution in [-0.2, 0) is 19.1 Å². The molecule has 2 saturated heterocycles. The lowest BCUT2D eigenvalue weighted by molar-refractivity contribution is -0.258. The standard InChI is InChI=1S/C6H10O3.C3H8O4/c1(5-3-8-5)7-2-6-4-9-6;4-1-3(5)2-7-6/h5-6H,1-4H2;3-6H,1-2H2. The van der Waals surface area contributed by atoms with Gasteiger partial charge in [0.05, 0.1) is 33.0 Å². The lowest BCUT2D eigenvalue weighted by Gasteiger charge is -2.00. The summed E-state index contributed by atoms with van der Waals surface area (Å²) < 4.78 is 15.1. The fraction of sp³-hybridized carbons (Fsp3) is 1.00. The molecule has 0 radical (unpaired) electrons. The number of ether oxygens (including phenoxy) is 3. The van der Waals surface area contributed by atoms with E-state index in [1.807, 2.05) is 0 Å². The van der Waals surface area contributed by atoms with Gasteiger partial charge in [-0.15, -0.1) is 0 Å². The lowest BCUT2D eigenvalue weighted by atomic mass is 10.4. The van der Waals surface area contributed by atoms with Crippen LogP contribution in [0.3, 0.4) is 0 Å². The molecule has 0 aliphatic carbocycles. The quantitative estimate of drug-likeness (QED) is 0.285. The Morgan fingerprint density at radius 3 is 1.94 bits per heavy atom. The summed E-state index contributed by atoms with van der Waals surface area (Å²) in [6.07, 6.45) is -0.183. The van der Waals surface area contributed by atoms with Gasteiger partial charge >= 0.3 is 0 Å². The first kappa shape index (κ1) is 13.8. The van der Waals surface area contributed by atoms with Crippen molar-refractivity contribution < 1.29 is 34.6 Å². The first-order valence-electron chi connectivity index (χ1n) is 5.12. The lowest BCUT2D eigenvalue weighted by Crippen LogP contribution is -2.17. The molecule has 0 aromatic carbocycles. The number of hydrogen-bond donors (Lipinski definition) is 3. The van der Waals surface area contributed by atoms with Crippen LogP contribution in [0.5, 0.6) is 0 Å². The Balaban J connectivity index is 0.000000168. The topological polar surface area (TPSA) is 104 Å². The van der Waals surface area contributed by atoms with E-state index >= 15 is 0 Å². The maximum Gasteiger partial charge on any atom is 0.110 e. The molecule has 0 aromatic rings. The van der Waals surface area contributed by atoms with Crippen molar-refractivity contribution in [2.45, 2.75) is 18.3 Å². The molecule has 0 aromatic heterocycles. The van der Waals surface area contributed by atoms with Gasteiger partial charge in [0.1, 0.15) is 24.9 Å². The van der Waals surface area contributed by atoms with Gasteiger partial charge in [0, 0.05) is 0 Å². The Bertz CT molecular complexity index is 157. The van der Waals surface area contributed by atoms with Crippen molar-refractivity contribution in [2.24, 2.45) is 0 Å². The third kappa shape index (κ3) is 7.94. The Hall–Kier alpha value is -0.280. The normalized spacial score (nSPS) is 27.9. The highest BCUT2D eigenvalue weighted by molar-refractivity contribution is 4.71. The smallest absolute Gasteiger partial charge is 0.110 e. The van der Waals surface area contributed by atoms with Gasteiger partial charge in [0.15, 0.2) is 0 Å². The van der Waals surface area contributed by atoms with Gasteiger partial charge in [-0.05, 0) is 0 Å². The highest BCUT2D eigenvalue weighted by atomic mass is 17.1. The number of aliphatic hydroxyl groups excluding tert-OH is 2. The highest BCUT2D eigenvalue weighted by Gasteiger charge is 2.26. The van der Waals surface area contributed by atoms with E-state index in [2.05, 4.69) is 4.89 Å². The van der Waals surface area contributed by atoms with Crippen LogP contribution in [0.25, 0.3) is 0 Å². The second kappa shape index (κ2) is 7.91. The van der Waals surface area contributed by atoms with Gasteiger partial charge in [-0.3, -0.25) is 5.26 Å². The molecule has 2 heterocycles. The minimum Gasteiger partial charge on any atom is -0.394 e. The van der Waals surface area contributed by atoms with Gasteiger partial charge < -0.3 is 24.4 Å². The molecule has 2 fully saturated rings. The predicted octanol–water partition coefficient (Wildman–Crippen LogP) is -1.37. The van der Waals surface area contributed by atoms with Crippen molar-refractivity contribution in [1.29, 1.82) is 0 Å². The van der Waals surface area contributed by atoms with E-state index in [4.69, 9.17) is 29.7 Å². The zero-order chi connectivity index (χ0) is 11.8. The molecule has 2 aliphatic heterocycles. The van der Waals surface area contributed by atoms with Crippen LogP contribution in [0.15, 0.2) is 0 Å². The SMILES string of the molecule is C(OCC1CO1)C1CO1.OCC(O)COO. The number of hydrogen-bond acceptors (Lipinski definition) is 7. The van der Waals surface area contributed by atoms with Crippen LogP contribution < -0.4 is 0 Å². The minimum absolute atomic E-state index is 0.240. The molecule has 2 aliphatic rings. The molecule has 0 amide bonds. The molecular formula is C9H18O7. The van der Waals surface area contributed by atoms with Crippen LogP contribution in [0.1, 0.15) is 0 Å². The molecule has 3 atom stereocenters. The molecule has 3 N–H and O–H groups in total. The van der Waals surface area contributed by atoms with Crippen molar-refractivity contribution in [2.75, 3.05) is 39.6 Å². The molecule has 0 spiro atoms. The fourth-order valence-electron chi connectivity index (χ4n) is 0.798. The second-order valence-electron chi connectivity index (χ2n) is 3.58. The average molecular weight is 238 g/mol. The summed E-state index contributed by atoms with van der Waals surface area (Å²) in [5.74, 6) is 0. The summed E-state index contributed by atoms with van der Waals surface area (Å²) in [7, 11) is 0. The first-order valence-corrected chi connectivity index (χ1v) is 5.12. The van der Waals surface area contributed by atoms with Gasteiger partial charge in [-0.1, -0.05) is 0 Å². The molecule has 3 unspecified atom stereocenters. The summed E-state index contributed by atoms with van der Waals surface area (Å²) >= 11 is 0. The van der Waals surface area contributed by atoms with E-state index in [1.54, 1.807) is 0 Å². The van der Waals surface area contributed by atoms with E-state index in [1.165, 1.54) is 0 Å². The maximum atomic E-state index is 8.32. The third-order valence-electron chi connectivity index (χ3n) is 1.89. The molecular weight excluding hydrogens is 220 g/mol. The van der Waals surface area contributed by atoms with E-state index in [-0.39, 0.29) is 13.2 Å². The minimum atomic E-state index is -0.968. The van der Waals surface area contributed by atoms with Crippen LogP contribution in [0.2, 0.25) is 0 Å². The Morgan fingerprint density at radius 2 is 1.69 bits per heavy atom. The van der Waals surface area contributed by atoms with Crippen LogP contribution >= 0.6 is 0 Å². The van der Waals surface area contributed by atoms with Crippen LogP contribution in [-0.4, -0.2) is 73.4 Å². The van der Waals surface area contributed by atoms with E-state index < -0.39 is 6.10 Å². The largest absolute Gasteiger partial charge is 0.394 e. The van der Waals surface area contributed by atoms with Crippen LogP contribution in [0.4, 0.5) is 0 Å². The van der Waals surface area contributed by atoms with Crippen molar-refractivity contribution in [3.05, 3.63) is 0 Å². The molecule has 7 heteroatoms. The molecule has 96 valence electrons. The predicted molar refractivity (Wildman–Crippen MR) is 52.0 cm³/mol. The van der Waals surface area contributed by atoms with Crippen molar-refractivity contribution in [1.82, 2.24) is 0 Å². The molecule has 0 saturated carbocycles. The second-order valence-corrected chi connectivity index (χ2v) is 3.58. The van der Waals surface area contributed by atoms with E-state index in [0.717, 1.165) is 26.4 Å². The van der Waals surface area contributed by atoms with Gasteiger partial charge in [-0.2, -0.15) is 0 Å². The van der Waals surface area contributed by atoms with Crippen molar-refractivity contribution >= 4 is 0 Å². The average Bonchev–Trinajstić information content (AvgIpc) is 3.13. The Labute approximate surface area is 93.4 Å². The summed E-state index contributed by atoms with van der Waals surface area (Å²) in [6, 6.07) is 0. The summed E-state index contributed by atoms with van der Waals surface area (Å²) in [5, 5.41) is 23.9. The van der Waals surface area contributed by atoms with Gasteiger partial charge in [0.25, 0.3) is 0 Å². The molecule has 0 bridgehead atoms. The van der Waals surface area contributed by atoms with Crippen molar-refractivity contribution in [3.63, 3.8) is 0 Å². The molecule has 16 heavy (non-hydrogen) atoms. The fourth-order valence-corrected chi connectivity index (χ4v) is 0.798. The number of rotatable bonds is 7. The molecule has 7 nitrogen and oxygen atoms in total. The molecule has 2 rings (SSSR count). The zero-order valence-corrected chi connectivity index (χ0v) is 8.95. The zero-order valence-electron chi connectivity index (χ0n) is 8.95. The third-order valence-corrected chi connectivity index (χ3v) is 1.89. The number of aliphatic hydroxyl groups is 2. The maximum absolute atomic E-state index is 8.32. The number of epoxide rings is 2. The van der Waals surface area contributed by atoms with Gasteiger partial charge in [-0.25, -0.2) is 4.89 Å². The van der Waals surface area contributed by atoms with Crippen LogP contribution in [0, 0.1) is 0 Å².